The molecule has 2 N–H and O–H groups in total. The van der Waals surface area contributed by atoms with E-state index in [1.54, 1.807) is 0 Å². The lowest BCUT2D eigenvalue weighted by atomic mass is 10.1. The normalized spacial score (nSPS) is 28.9. The summed E-state index contributed by atoms with van der Waals surface area (Å²) in [6, 6.07) is 3.27. The van der Waals surface area contributed by atoms with Gasteiger partial charge in [-0.25, -0.2) is 13.2 Å². The molecule has 5 heteroatoms. The molecule has 1 unspecified atom stereocenters. The Labute approximate surface area is 83.7 Å². The van der Waals surface area contributed by atoms with Crippen molar-refractivity contribution < 1.29 is 13.2 Å². The third-order valence-electron chi connectivity index (χ3n) is 2.44. The standard InChI is InChI=1S/C9H7ClF3N/c10-7-3-5(11)1-2-6(7)8(14)4-9(8,12)13/h1-3H,4,14H2. The fourth-order valence-corrected chi connectivity index (χ4v) is 1.79. The molecule has 14 heavy (non-hydrogen) atoms. The van der Waals surface area contributed by atoms with E-state index < -0.39 is 23.7 Å². The predicted octanol–water partition coefficient (Wildman–Crippen LogP) is 2.67. The van der Waals surface area contributed by atoms with E-state index in [0.717, 1.165) is 12.1 Å². The van der Waals surface area contributed by atoms with Gasteiger partial charge < -0.3 is 5.73 Å². The first-order valence-electron chi connectivity index (χ1n) is 3.99. The van der Waals surface area contributed by atoms with Gasteiger partial charge >= 0.3 is 0 Å². The Morgan fingerprint density at radius 1 is 1.36 bits per heavy atom. The highest BCUT2D eigenvalue weighted by molar-refractivity contribution is 6.31. The van der Waals surface area contributed by atoms with Gasteiger partial charge in [0.25, 0.3) is 5.92 Å². The van der Waals surface area contributed by atoms with Crippen LogP contribution in [0, 0.1) is 5.82 Å². The molecule has 1 saturated carbocycles. The second-order valence-corrected chi connectivity index (χ2v) is 3.88. The number of benzene rings is 1. The number of nitrogens with two attached hydrogens (primary N) is 1. The van der Waals surface area contributed by atoms with Crippen LogP contribution in [-0.4, -0.2) is 5.92 Å². The van der Waals surface area contributed by atoms with Crippen LogP contribution in [0.1, 0.15) is 12.0 Å². The summed E-state index contributed by atoms with van der Waals surface area (Å²) >= 11 is 5.63. The van der Waals surface area contributed by atoms with Gasteiger partial charge in [0.15, 0.2) is 0 Å². The first-order chi connectivity index (χ1) is 6.37. The molecule has 0 aromatic heterocycles. The zero-order valence-corrected chi connectivity index (χ0v) is 7.78. The van der Waals surface area contributed by atoms with E-state index in [-0.39, 0.29) is 10.6 Å². The lowest BCUT2D eigenvalue weighted by Gasteiger charge is -2.12. The van der Waals surface area contributed by atoms with E-state index in [0.29, 0.717) is 0 Å². The van der Waals surface area contributed by atoms with Crippen molar-refractivity contribution in [3.63, 3.8) is 0 Å². The summed E-state index contributed by atoms with van der Waals surface area (Å²) in [6.45, 7) is 0. The third kappa shape index (κ3) is 1.21. The summed E-state index contributed by atoms with van der Waals surface area (Å²) in [5.41, 5.74) is 3.83. The van der Waals surface area contributed by atoms with Gasteiger partial charge in [0, 0.05) is 11.4 Å². The quantitative estimate of drug-likeness (QED) is 0.775. The van der Waals surface area contributed by atoms with Gasteiger partial charge in [-0.1, -0.05) is 17.7 Å². The Morgan fingerprint density at radius 2 is 1.93 bits per heavy atom. The van der Waals surface area contributed by atoms with Crippen molar-refractivity contribution in [3.8, 4) is 0 Å². The van der Waals surface area contributed by atoms with E-state index in [9.17, 15) is 13.2 Å². The smallest absolute Gasteiger partial charge is 0.272 e. The topological polar surface area (TPSA) is 26.0 Å². The zero-order valence-electron chi connectivity index (χ0n) is 7.03. The maximum absolute atomic E-state index is 12.9. The van der Waals surface area contributed by atoms with Crippen LogP contribution >= 0.6 is 11.6 Å². The Balaban J connectivity index is 2.45. The predicted molar refractivity (Wildman–Crippen MR) is 46.8 cm³/mol. The molecular weight excluding hydrogens is 215 g/mol. The van der Waals surface area contributed by atoms with Crippen molar-refractivity contribution in [1.82, 2.24) is 0 Å². The van der Waals surface area contributed by atoms with Crippen molar-refractivity contribution in [2.45, 2.75) is 17.9 Å². The molecule has 2 rings (SSSR count). The van der Waals surface area contributed by atoms with E-state index in [1.165, 1.54) is 6.07 Å². The van der Waals surface area contributed by atoms with Crippen LogP contribution in [0.5, 0.6) is 0 Å². The molecule has 1 atom stereocenters. The first-order valence-corrected chi connectivity index (χ1v) is 4.37. The second kappa shape index (κ2) is 2.64. The number of rotatable bonds is 1. The lowest BCUT2D eigenvalue weighted by Crippen LogP contribution is -2.27. The SMILES string of the molecule is NC1(c2ccc(F)cc2Cl)CC1(F)F. The largest absolute Gasteiger partial charge is 0.316 e. The van der Waals surface area contributed by atoms with E-state index in [4.69, 9.17) is 17.3 Å². The number of hydrogen-bond donors (Lipinski definition) is 1. The molecule has 76 valence electrons. The van der Waals surface area contributed by atoms with E-state index in [1.807, 2.05) is 0 Å². The van der Waals surface area contributed by atoms with Crippen molar-refractivity contribution >= 4 is 11.6 Å². The van der Waals surface area contributed by atoms with Crippen molar-refractivity contribution in [3.05, 3.63) is 34.6 Å². The molecule has 0 saturated heterocycles. The molecule has 1 aliphatic carbocycles. The van der Waals surface area contributed by atoms with Gasteiger partial charge in [0.2, 0.25) is 0 Å². The average Bonchev–Trinajstić information content (AvgIpc) is 2.50. The second-order valence-electron chi connectivity index (χ2n) is 3.48. The molecule has 1 aliphatic rings. The van der Waals surface area contributed by atoms with Crippen LogP contribution in [0.4, 0.5) is 13.2 Å². The molecule has 0 radical (unpaired) electrons. The zero-order chi connectivity index (χ0) is 10.6. The summed E-state index contributed by atoms with van der Waals surface area (Å²) in [6.07, 6.45) is -0.439. The van der Waals surface area contributed by atoms with Crippen molar-refractivity contribution in [1.29, 1.82) is 0 Å². The maximum atomic E-state index is 12.9. The van der Waals surface area contributed by atoms with Crippen LogP contribution in [-0.2, 0) is 5.54 Å². The molecule has 0 aliphatic heterocycles. The van der Waals surface area contributed by atoms with Crippen molar-refractivity contribution in [2.24, 2.45) is 5.73 Å². The van der Waals surface area contributed by atoms with Crippen LogP contribution < -0.4 is 5.73 Å². The molecule has 0 amide bonds. The van der Waals surface area contributed by atoms with E-state index in [2.05, 4.69) is 0 Å². The highest BCUT2D eigenvalue weighted by Crippen LogP contribution is 2.58. The molecule has 1 fully saturated rings. The fourth-order valence-electron chi connectivity index (χ4n) is 1.45. The molecular formula is C9H7ClF3N. The van der Waals surface area contributed by atoms with Crippen LogP contribution in [0.15, 0.2) is 18.2 Å². The van der Waals surface area contributed by atoms with E-state index >= 15 is 0 Å². The summed E-state index contributed by atoms with van der Waals surface area (Å²) in [7, 11) is 0. The van der Waals surface area contributed by atoms with Gasteiger partial charge in [-0.2, -0.15) is 0 Å². The number of alkyl halides is 2. The minimum atomic E-state index is -2.94. The molecule has 1 aromatic rings. The average molecular weight is 222 g/mol. The van der Waals surface area contributed by atoms with Crippen LogP contribution in [0.25, 0.3) is 0 Å². The Bertz CT molecular complexity index is 394. The molecule has 0 heterocycles. The molecule has 1 nitrogen and oxygen atoms in total. The first kappa shape index (κ1) is 9.80. The number of halogens is 4. The lowest BCUT2D eigenvalue weighted by molar-refractivity contribution is 0.0891. The minimum Gasteiger partial charge on any atom is -0.316 e. The van der Waals surface area contributed by atoms with Gasteiger partial charge in [-0.15, -0.1) is 0 Å². The maximum Gasteiger partial charge on any atom is 0.272 e. The minimum absolute atomic E-state index is 0.0512. The Morgan fingerprint density at radius 3 is 2.36 bits per heavy atom. The van der Waals surface area contributed by atoms with Crippen LogP contribution in [0.2, 0.25) is 5.02 Å². The molecule has 0 bridgehead atoms. The van der Waals surface area contributed by atoms with Crippen LogP contribution in [0.3, 0.4) is 0 Å². The third-order valence-corrected chi connectivity index (χ3v) is 2.75. The summed E-state index contributed by atoms with van der Waals surface area (Å²) in [4.78, 5) is 0. The van der Waals surface area contributed by atoms with Gasteiger partial charge in [0.05, 0.1) is 0 Å². The Hall–Kier alpha value is -0.740. The van der Waals surface area contributed by atoms with Gasteiger partial charge in [-0.05, 0) is 17.7 Å². The number of hydrogen-bond acceptors (Lipinski definition) is 1. The van der Waals surface area contributed by atoms with Crippen molar-refractivity contribution in [2.75, 3.05) is 0 Å². The summed E-state index contributed by atoms with van der Waals surface area (Å²) < 4.78 is 38.4. The fraction of sp³-hybridized carbons (Fsp3) is 0.333. The monoisotopic (exact) mass is 221 g/mol. The summed E-state index contributed by atoms with van der Waals surface area (Å²) in [5.74, 6) is -3.50. The molecule has 0 spiro atoms. The van der Waals surface area contributed by atoms with Gasteiger partial charge in [0.1, 0.15) is 11.4 Å². The van der Waals surface area contributed by atoms with Gasteiger partial charge in [-0.3, -0.25) is 0 Å². The molecule has 1 aromatic carbocycles. The highest BCUT2D eigenvalue weighted by Gasteiger charge is 2.70. The summed E-state index contributed by atoms with van der Waals surface area (Å²) in [5, 5.41) is -0.0512. The highest BCUT2D eigenvalue weighted by atomic mass is 35.5. The Kier molecular flexibility index (Phi) is 1.85.